The number of amidine groups is 1. The Bertz CT molecular complexity index is 1300. The third-order valence-corrected chi connectivity index (χ3v) is 6.93. The molecule has 0 aliphatic carbocycles. The Labute approximate surface area is 198 Å². The highest BCUT2D eigenvalue weighted by Gasteiger charge is 2.35. The van der Waals surface area contributed by atoms with Crippen LogP contribution < -0.4 is 14.4 Å². The summed E-state index contributed by atoms with van der Waals surface area (Å²) in [6.07, 6.45) is 1.87. The monoisotopic (exact) mass is 506 g/mol. The van der Waals surface area contributed by atoms with Gasteiger partial charge >= 0.3 is 0 Å². The first-order valence-electron chi connectivity index (χ1n) is 10.0. The van der Waals surface area contributed by atoms with E-state index >= 15 is 0 Å². The first-order valence-corrected chi connectivity index (χ1v) is 11.7. The van der Waals surface area contributed by atoms with E-state index in [-0.39, 0.29) is 12.7 Å². The summed E-state index contributed by atoms with van der Waals surface area (Å²) in [6, 6.07) is 19.5. The Hall–Kier alpha value is -3.03. The van der Waals surface area contributed by atoms with Crippen LogP contribution in [-0.4, -0.2) is 17.9 Å². The molecule has 0 unspecified atom stereocenters. The Morgan fingerprint density at radius 3 is 2.44 bits per heavy atom. The Morgan fingerprint density at radius 1 is 1.00 bits per heavy atom. The predicted molar refractivity (Wildman–Crippen MR) is 133 cm³/mol. The third-order valence-electron chi connectivity index (χ3n) is 5.27. The Morgan fingerprint density at radius 2 is 1.69 bits per heavy atom. The highest BCUT2D eigenvalue weighted by molar-refractivity contribution is 9.10. The second-order valence-corrected chi connectivity index (χ2v) is 9.31. The van der Waals surface area contributed by atoms with E-state index in [1.807, 2.05) is 80.6 Å². The van der Waals surface area contributed by atoms with Crippen LogP contribution in [0, 0.1) is 13.8 Å². The maximum atomic E-state index is 13.6. The molecule has 2 heterocycles. The number of carbonyl (C=O) groups excluding carboxylic acids is 1. The van der Waals surface area contributed by atoms with Crippen molar-refractivity contribution in [3.8, 4) is 11.5 Å². The van der Waals surface area contributed by atoms with E-state index in [0.717, 1.165) is 32.5 Å². The molecule has 0 radical (unpaired) electrons. The molecule has 1 amide bonds. The zero-order valence-corrected chi connectivity index (χ0v) is 19.9. The summed E-state index contributed by atoms with van der Waals surface area (Å²) in [4.78, 5) is 20.7. The molecule has 1 fully saturated rings. The molecule has 1 saturated heterocycles. The van der Waals surface area contributed by atoms with E-state index in [0.29, 0.717) is 21.6 Å². The van der Waals surface area contributed by atoms with Gasteiger partial charge in [-0.3, -0.25) is 9.69 Å². The number of aryl methyl sites for hydroxylation is 2. The molecule has 2 aliphatic rings. The number of para-hydroxylation sites is 2. The summed E-state index contributed by atoms with van der Waals surface area (Å²) in [7, 11) is 0. The van der Waals surface area contributed by atoms with Crippen molar-refractivity contribution in [2.24, 2.45) is 4.99 Å². The largest absolute Gasteiger partial charge is 0.454 e. The lowest BCUT2D eigenvalue weighted by atomic mass is 10.1. The van der Waals surface area contributed by atoms with E-state index < -0.39 is 0 Å². The smallest absolute Gasteiger partial charge is 0.271 e. The number of aliphatic imine (C=N–C) groups is 1. The lowest BCUT2D eigenvalue weighted by Crippen LogP contribution is -2.29. The van der Waals surface area contributed by atoms with Gasteiger partial charge in [0.1, 0.15) is 0 Å². The lowest BCUT2D eigenvalue weighted by Gasteiger charge is -2.18. The summed E-state index contributed by atoms with van der Waals surface area (Å²) in [6.45, 7) is 4.21. The van der Waals surface area contributed by atoms with Crippen LogP contribution in [0.2, 0.25) is 0 Å². The SMILES string of the molecule is Cc1ccccc1N=C1S/C(=C\c2cc3c(cc2Br)OCO3)C(=O)N1c1ccccc1C. The zero-order chi connectivity index (χ0) is 22.2. The Balaban J connectivity index is 1.61. The minimum Gasteiger partial charge on any atom is -0.454 e. The highest BCUT2D eigenvalue weighted by Crippen LogP contribution is 2.42. The number of amides is 1. The first-order chi connectivity index (χ1) is 15.5. The molecule has 0 saturated carbocycles. The fourth-order valence-corrected chi connectivity index (χ4v) is 4.97. The summed E-state index contributed by atoms with van der Waals surface area (Å²) >= 11 is 4.95. The van der Waals surface area contributed by atoms with Crippen molar-refractivity contribution in [2.45, 2.75) is 13.8 Å². The second-order valence-electron chi connectivity index (χ2n) is 7.45. The molecule has 3 aromatic rings. The molecule has 0 N–H and O–H groups in total. The van der Waals surface area contributed by atoms with Crippen molar-refractivity contribution in [3.63, 3.8) is 0 Å². The quantitative estimate of drug-likeness (QED) is 0.375. The van der Waals surface area contributed by atoms with Crippen molar-refractivity contribution < 1.29 is 14.3 Å². The van der Waals surface area contributed by atoms with Gasteiger partial charge < -0.3 is 9.47 Å². The van der Waals surface area contributed by atoms with Crippen molar-refractivity contribution in [1.82, 2.24) is 0 Å². The fraction of sp³-hybridized carbons (Fsp3) is 0.120. The van der Waals surface area contributed by atoms with Gasteiger partial charge in [-0.25, -0.2) is 4.99 Å². The van der Waals surface area contributed by atoms with Crippen LogP contribution in [0.25, 0.3) is 6.08 Å². The number of halogens is 1. The number of nitrogens with zero attached hydrogens (tertiary/aromatic N) is 2. The number of benzene rings is 3. The van der Waals surface area contributed by atoms with E-state index in [2.05, 4.69) is 15.9 Å². The van der Waals surface area contributed by atoms with E-state index in [9.17, 15) is 4.79 Å². The number of hydrogen-bond acceptors (Lipinski definition) is 5. The van der Waals surface area contributed by atoms with Crippen LogP contribution in [0.3, 0.4) is 0 Å². The summed E-state index contributed by atoms with van der Waals surface area (Å²) in [5, 5.41) is 0.627. The van der Waals surface area contributed by atoms with Crippen molar-refractivity contribution in [2.75, 3.05) is 11.7 Å². The molecule has 3 aromatic carbocycles. The molecule has 0 bridgehead atoms. The molecule has 160 valence electrons. The van der Waals surface area contributed by atoms with Gasteiger partial charge in [0.2, 0.25) is 6.79 Å². The number of thioether (sulfide) groups is 1. The minimum atomic E-state index is -0.110. The van der Waals surface area contributed by atoms with Crippen LogP contribution in [0.1, 0.15) is 16.7 Å². The first kappa shape index (κ1) is 20.8. The van der Waals surface area contributed by atoms with Gasteiger partial charge in [0.25, 0.3) is 5.91 Å². The van der Waals surface area contributed by atoms with Gasteiger partial charge in [-0.15, -0.1) is 0 Å². The maximum Gasteiger partial charge on any atom is 0.271 e. The molecule has 7 heteroatoms. The van der Waals surface area contributed by atoms with Crippen LogP contribution in [0.15, 0.2) is 75.0 Å². The molecular formula is C25H19BrN2O3S. The van der Waals surface area contributed by atoms with Gasteiger partial charge in [0.15, 0.2) is 16.7 Å². The molecule has 0 aromatic heterocycles. The van der Waals surface area contributed by atoms with Gasteiger partial charge in [-0.2, -0.15) is 0 Å². The van der Waals surface area contributed by atoms with Crippen molar-refractivity contribution >= 4 is 56.2 Å². The molecular weight excluding hydrogens is 488 g/mol. The number of anilines is 1. The molecule has 0 atom stereocenters. The average Bonchev–Trinajstić information content (AvgIpc) is 3.34. The van der Waals surface area contributed by atoms with Crippen LogP contribution in [0.4, 0.5) is 11.4 Å². The normalized spacial score (nSPS) is 17.6. The third kappa shape index (κ3) is 3.82. The fourth-order valence-electron chi connectivity index (χ4n) is 3.55. The van der Waals surface area contributed by atoms with Gasteiger partial charge in [-0.05, 0) is 72.6 Å². The van der Waals surface area contributed by atoms with Gasteiger partial charge in [-0.1, -0.05) is 52.3 Å². The Kier molecular flexibility index (Phi) is 5.53. The van der Waals surface area contributed by atoms with Gasteiger partial charge in [0, 0.05) is 4.47 Å². The topological polar surface area (TPSA) is 51.1 Å². The van der Waals surface area contributed by atoms with E-state index in [4.69, 9.17) is 14.5 Å². The van der Waals surface area contributed by atoms with E-state index in [1.54, 1.807) is 4.90 Å². The van der Waals surface area contributed by atoms with Crippen LogP contribution in [-0.2, 0) is 4.79 Å². The molecule has 2 aliphatic heterocycles. The summed E-state index contributed by atoms with van der Waals surface area (Å²) in [5.41, 5.74) is 4.56. The maximum absolute atomic E-state index is 13.6. The molecule has 0 spiro atoms. The zero-order valence-electron chi connectivity index (χ0n) is 17.5. The standard InChI is InChI=1S/C25H19BrN2O3S/c1-15-7-3-5-9-19(15)27-25-28(20-10-6-4-8-16(20)2)24(29)23(32-25)12-17-11-21-22(13-18(17)26)31-14-30-21/h3-13H,14H2,1-2H3/b23-12-,27-25?. The average molecular weight is 507 g/mol. The number of hydrogen-bond donors (Lipinski definition) is 0. The second kappa shape index (κ2) is 8.48. The van der Waals surface area contributed by atoms with Gasteiger partial charge in [0.05, 0.1) is 16.3 Å². The highest BCUT2D eigenvalue weighted by atomic mass is 79.9. The number of fused-ring (bicyclic) bond motifs is 1. The van der Waals surface area contributed by atoms with Crippen molar-refractivity contribution in [1.29, 1.82) is 0 Å². The minimum absolute atomic E-state index is 0.110. The lowest BCUT2D eigenvalue weighted by molar-refractivity contribution is -0.113. The van der Waals surface area contributed by atoms with Crippen LogP contribution >= 0.6 is 27.7 Å². The predicted octanol–water partition coefficient (Wildman–Crippen LogP) is 6.60. The van der Waals surface area contributed by atoms with E-state index in [1.165, 1.54) is 11.8 Å². The molecule has 5 rings (SSSR count). The molecule has 32 heavy (non-hydrogen) atoms. The molecule has 5 nitrogen and oxygen atoms in total. The number of carbonyl (C=O) groups is 1. The number of rotatable bonds is 3. The summed E-state index contributed by atoms with van der Waals surface area (Å²) < 4.78 is 11.8. The summed E-state index contributed by atoms with van der Waals surface area (Å²) in [5.74, 6) is 1.24. The van der Waals surface area contributed by atoms with Crippen molar-refractivity contribution in [3.05, 3.63) is 86.7 Å². The van der Waals surface area contributed by atoms with Crippen LogP contribution in [0.5, 0.6) is 11.5 Å². The number of ether oxygens (including phenoxy) is 2.